The molecule has 1 unspecified atom stereocenters. The standard InChI is InChI=1S/C16H18ClN3O3/c1-15(2)22-11-10(9-5-16(9,6-21)12(11)23-15)20-4-3-8-13(17)18-7-19-14(8)20/h3-4,7,9-12,21H,5-6H2,1-2H3/t9-,10?,11+,12+,16+/m1/s1. The SMILES string of the molecule is CC1(C)O[C@H]2C(n3ccc4c(Cl)ncnc43)[C@H]3C[C@@]3(CO)[C@H]2O1. The Morgan fingerprint density at radius 1 is 1.39 bits per heavy atom. The fourth-order valence-electron chi connectivity index (χ4n) is 4.66. The second-order valence-corrected chi connectivity index (χ2v) is 7.70. The third-order valence-corrected chi connectivity index (χ3v) is 6.00. The summed E-state index contributed by atoms with van der Waals surface area (Å²) in [6.45, 7) is 3.99. The molecule has 0 bridgehead atoms. The quantitative estimate of drug-likeness (QED) is 0.852. The molecule has 0 amide bonds. The van der Waals surface area contributed by atoms with Crippen LogP contribution in [0.15, 0.2) is 18.6 Å². The van der Waals surface area contributed by atoms with Crippen molar-refractivity contribution in [3.05, 3.63) is 23.7 Å². The Bertz CT molecular complexity index is 807. The Kier molecular flexibility index (Phi) is 2.61. The third kappa shape index (κ3) is 1.70. The van der Waals surface area contributed by atoms with Crippen LogP contribution in [0.2, 0.25) is 5.15 Å². The van der Waals surface area contributed by atoms with Crippen LogP contribution in [0.4, 0.5) is 0 Å². The molecular formula is C16H18ClN3O3. The van der Waals surface area contributed by atoms with Gasteiger partial charge in [0.15, 0.2) is 5.79 Å². The van der Waals surface area contributed by atoms with Crippen LogP contribution in [0, 0.1) is 11.3 Å². The van der Waals surface area contributed by atoms with Crippen LogP contribution in [-0.2, 0) is 9.47 Å². The Labute approximate surface area is 138 Å². The number of ether oxygens (including phenoxy) is 2. The molecule has 0 radical (unpaired) electrons. The highest BCUT2D eigenvalue weighted by Crippen LogP contribution is 2.71. The maximum atomic E-state index is 9.97. The molecule has 3 fully saturated rings. The molecule has 3 heterocycles. The van der Waals surface area contributed by atoms with Crippen LogP contribution in [0.1, 0.15) is 26.3 Å². The number of rotatable bonds is 2. The van der Waals surface area contributed by atoms with Gasteiger partial charge < -0.3 is 19.1 Å². The molecule has 1 saturated heterocycles. The highest BCUT2D eigenvalue weighted by Gasteiger charge is 2.75. The number of aromatic nitrogens is 3. The molecular weight excluding hydrogens is 318 g/mol. The molecule has 2 aromatic rings. The van der Waals surface area contributed by atoms with Crippen molar-refractivity contribution in [2.75, 3.05) is 6.61 Å². The fourth-order valence-corrected chi connectivity index (χ4v) is 4.85. The van der Waals surface area contributed by atoms with Gasteiger partial charge in [-0.1, -0.05) is 11.6 Å². The Morgan fingerprint density at radius 2 is 2.22 bits per heavy atom. The van der Waals surface area contributed by atoms with Gasteiger partial charge in [-0.3, -0.25) is 0 Å². The molecule has 1 N–H and O–H groups in total. The van der Waals surface area contributed by atoms with Gasteiger partial charge in [0.25, 0.3) is 0 Å². The van der Waals surface area contributed by atoms with Crippen molar-refractivity contribution in [3.63, 3.8) is 0 Å². The van der Waals surface area contributed by atoms with Gasteiger partial charge in [0.05, 0.1) is 24.1 Å². The Morgan fingerprint density at radius 3 is 3.00 bits per heavy atom. The molecule has 2 saturated carbocycles. The summed E-state index contributed by atoms with van der Waals surface area (Å²) in [4.78, 5) is 8.45. The zero-order chi connectivity index (χ0) is 16.0. The average Bonchev–Trinajstić information content (AvgIpc) is 2.78. The molecule has 0 aromatic carbocycles. The van der Waals surface area contributed by atoms with Crippen molar-refractivity contribution in [1.29, 1.82) is 0 Å². The van der Waals surface area contributed by atoms with Crippen molar-refractivity contribution in [2.24, 2.45) is 11.3 Å². The van der Waals surface area contributed by atoms with Gasteiger partial charge >= 0.3 is 0 Å². The van der Waals surface area contributed by atoms with E-state index in [-0.39, 0.29) is 30.3 Å². The van der Waals surface area contributed by atoms with Crippen LogP contribution >= 0.6 is 11.6 Å². The molecule has 1 aliphatic heterocycles. The first-order chi connectivity index (χ1) is 11.0. The molecule has 122 valence electrons. The van der Waals surface area contributed by atoms with Crippen molar-refractivity contribution in [2.45, 2.75) is 44.3 Å². The number of aliphatic hydroxyl groups excluding tert-OH is 1. The first-order valence-corrected chi connectivity index (χ1v) is 8.28. The lowest BCUT2D eigenvalue weighted by atomic mass is 10.0. The van der Waals surface area contributed by atoms with E-state index in [2.05, 4.69) is 14.5 Å². The number of halogens is 1. The lowest BCUT2D eigenvalue weighted by Crippen LogP contribution is -2.33. The van der Waals surface area contributed by atoms with E-state index in [0.717, 1.165) is 17.5 Å². The largest absolute Gasteiger partial charge is 0.396 e. The second-order valence-electron chi connectivity index (χ2n) is 7.34. The van der Waals surface area contributed by atoms with Gasteiger partial charge in [0, 0.05) is 11.6 Å². The summed E-state index contributed by atoms with van der Waals surface area (Å²) >= 11 is 6.17. The number of aliphatic hydroxyl groups is 1. The first kappa shape index (κ1) is 14.2. The van der Waals surface area contributed by atoms with Gasteiger partial charge in [0.2, 0.25) is 0 Å². The topological polar surface area (TPSA) is 69.4 Å². The average molecular weight is 336 g/mol. The van der Waals surface area contributed by atoms with Gasteiger partial charge in [0.1, 0.15) is 23.2 Å². The van der Waals surface area contributed by atoms with Crippen LogP contribution in [0.25, 0.3) is 11.0 Å². The van der Waals surface area contributed by atoms with Crippen molar-refractivity contribution in [3.8, 4) is 0 Å². The maximum Gasteiger partial charge on any atom is 0.163 e. The zero-order valence-corrected chi connectivity index (χ0v) is 13.7. The molecule has 5 rings (SSSR count). The van der Waals surface area contributed by atoms with E-state index in [1.165, 1.54) is 6.33 Å². The van der Waals surface area contributed by atoms with Crippen LogP contribution in [0.3, 0.4) is 0 Å². The van der Waals surface area contributed by atoms with Crippen molar-refractivity contribution in [1.82, 2.24) is 14.5 Å². The monoisotopic (exact) mass is 335 g/mol. The predicted octanol–water partition coefficient (Wildman–Crippen LogP) is 2.16. The van der Waals surface area contributed by atoms with Crippen molar-refractivity contribution >= 4 is 22.6 Å². The Hall–Kier alpha value is -1.21. The van der Waals surface area contributed by atoms with E-state index in [1.54, 1.807) is 0 Å². The molecule has 0 spiro atoms. The number of hydrogen-bond acceptors (Lipinski definition) is 5. The minimum absolute atomic E-state index is 0.0766. The van der Waals surface area contributed by atoms with Gasteiger partial charge in [-0.15, -0.1) is 0 Å². The molecule has 6 nitrogen and oxygen atoms in total. The van der Waals surface area contributed by atoms with E-state index in [4.69, 9.17) is 21.1 Å². The highest BCUT2D eigenvalue weighted by atomic mass is 35.5. The van der Waals surface area contributed by atoms with E-state index < -0.39 is 5.79 Å². The smallest absolute Gasteiger partial charge is 0.163 e. The summed E-state index contributed by atoms with van der Waals surface area (Å²) in [5.41, 5.74) is 0.624. The summed E-state index contributed by atoms with van der Waals surface area (Å²) in [5.74, 6) is -0.290. The van der Waals surface area contributed by atoms with Crippen LogP contribution in [-0.4, -0.2) is 44.2 Å². The van der Waals surface area contributed by atoms with E-state index in [9.17, 15) is 5.11 Å². The Balaban J connectivity index is 1.64. The maximum absolute atomic E-state index is 9.97. The molecule has 3 aliphatic rings. The lowest BCUT2D eigenvalue weighted by Gasteiger charge is -2.24. The van der Waals surface area contributed by atoms with E-state index in [1.807, 2.05) is 26.1 Å². The van der Waals surface area contributed by atoms with Crippen molar-refractivity contribution < 1.29 is 14.6 Å². The lowest BCUT2D eigenvalue weighted by molar-refractivity contribution is -0.163. The molecule has 2 aliphatic carbocycles. The first-order valence-electron chi connectivity index (χ1n) is 7.90. The number of fused-ring (bicyclic) bond motifs is 4. The summed E-state index contributed by atoms with van der Waals surface area (Å²) in [6, 6.07) is 2.03. The number of hydrogen-bond donors (Lipinski definition) is 1. The predicted molar refractivity (Wildman–Crippen MR) is 83.0 cm³/mol. The van der Waals surface area contributed by atoms with Gasteiger partial charge in [-0.25, -0.2) is 9.97 Å². The van der Waals surface area contributed by atoms with E-state index >= 15 is 0 Å². The second kappa shape index (κ2) is 4.25. The summed E-state index contributed by atoms with van der Waals surface area (Å²) in [7, 11) is 0. The normalized spacial score (nSPS) is 40.3. The van der Waals surface area contributed by atoms with Gasteiger partial charge in [-0.05, 0) is 32.3 Å². The molecule has 7 heteroatoms. The fraction of sp³-hybridized carbons (Fsp3) is 0.625. The minimum atomic E-state index is -0.626. The molecule has 23 heavy (non-hydrogen) atoms. The summed E-state index contributed by atoms with van der Waals surface area (Å²) in [5, 5.41) is 11.3. The third-order valence-electron chi connectivity index (χ3n) is 5.70. The van der Waals surface area contributed by atoms with Crippen LogP contribution in [0.5, 0.6) is 0 Å². The summed E-state index contributed by atoms with van der Waals surface area (Å²) < 4.78 is 14.4. The number of nitrogens with zero attached hydrogens (tertiary/aromatic N) is 3. The highest BCUT2D eigenvalue weighted by molar-refractivity contribution is 6.33. The van der Waals surface area contributed by atoms with Crippen LogP contribution < -0.4 is 0 Å². The molecule has 2 aromatic heterocycles. The zero-order valence-electron chi connectivity index (χ0n) is 12.9. The molecule has 5 atom stereocenters. The minimum Gasteiger partial charge on any atom is -0.396 e. The summed E-state index contributed by atoms with van der Waals surface area (Å²) in [6.07, 6.45) is 4.27. The van der Waals surface area contributed by atoms with Gasteiger partial charge in [-0.2, -0.15) is 0 Å². The van der Waals surface area contributed by atoms with E-state index in [0.29, 0.717) is 11.1 Å².